The molecule has 0 aromatic heterocycles. The number of esters is 1. The molecule has 0 saturated carbocycles. The van der Waals surface area contributed by atoms with E-state index in [2.05, 4.69) is 45.0 Å². The van der Waals surface area contributed by atoms with Gasteiger partial charge < -0.3 is 23.8 Å². The lowest BCUT2D eigenvalue weighted by atomic mass is 10.1. The van der Waals surface area contributed by atoms with E-state index in [1.54, 1.807) is 38.1 Å². The molecule has 0 radical (unpaired) electrons. The van der Waals surface area contributed by atoms with Gasteiger partial charge in [-0.25, -0.2) is 9.53 Å². The third kappa shape index (κ3) is 7.65. The number of ether oxygens (including phenoxy) is 3. The molecule has 1 fully saturated rings. The van der Waals surface area contributed by atoms with Crippen LogP contribution in [0.5, 0.6) is 0 Å². The molecule has 240 valence electrons. The van der Waals surface area contributed by atoms with Gasteiger partial charge in [0.25, 0.3) is 8.32 Å². The summed E-state index contributed by atoms with van der Waals surface area (Å²) in [4.78, 5) is 13.6. The highest BCUT2D eigenvalue weighted by Gasteiger charge is 2.53. The Morgan fingerprint density at radius 3 is 1.87 bits per heavy atom. The van der Waals surface area contributed by atoms with Crippen molar-refractivity contribution in [3.63, 3.8) is 0 Å². The van der Waals surface area contributed by atoms with Crippen molar-refractivity contribution in [2.24, 2.45) is 0 Å². The molecule has 0 unspecified atom stereocenters. The summed E-state index contributed by atoms with van der Waals surface area (Å²) in [7, 11) is -3.00. The smallest absolute Gasteiger partial charge is 0.338 e. The van der Waals surface area contributed by atoms with Crippen LogP contribution in [-0.2, 0) is 25.2 Å². The summed E-state index contributed by atoms with van der Waals surface area (Å²) in [6.07, 6.45) is -1.04. The summed E-state index contributed by atoms with van der Waals surface area (Å²) in [5, 5.41) is 15.1. The van der Waals surface area contributed by atoms with Crippen LogP contribution in [0.25, 0.3) is 0 Å². The zero-order valence-corrected chi connectivity index (χ0v) is 28.2. The summed E-state index contributed by atoms with van der Waals surface area (Å²) >= 11 is 0. The molecule has 4 aromatic carbocycles. The fourth-order valence-corrected chi connectivity index (χ4v) is 10.7. The largest absolute Gasteiger partial charge is 0.624 e. The van der Waals surface area contributed by atoms with Gasteiger partial charge in [-0.2, -0.15) is 0 Å². The van der Waals surface area contributed by atoms with Gasteiger partial charge in [-0.3, -0.25) is 0 Å². The third-order valence-electron chi connectivity index (χ3n) is 8.17. The molecule has 0 bridgehead atoms. The van der Waals surface area contributed by atoms with E-state index in [4.69, 9.17) is 18.6 Å². The van der Waals surface area contributed by atoms with Gasteiger partial charge in [-0.1, -0.05) is 130 Å². The van der Waals surface area contributed by atoms with Gasteiger partial charge in [0.1, 0.15) is 6.10 Å². The van der Waals surface area contributed by atoms with Crippen LogP contribution >= 0.6 is 0 Å². The molecule has 0 spiro atoms. The Kier molecular flexibility index (Phi) is 10.2. The second-order valence-electron chi connectivity index (χ2n) is 13.1. The maximum absolute atomic E-state index is 13.6. The summed E-state index contributed by atoms with van der Waals surface area (Å²) < 4.78 is 27.0. The minimum absolute atomic E-state index is 0.0256. The standard InChI is InChI=1S/C38H43NO6Si/c1-37(2,3)46(31-22-14-8-15-23-31,32-24-16-9-17-25-32)42-28-34(43-36(40)30-20-12-7-13-21-30)35-33(44-38(4,5)45-35)27-39(41)26-29-18-10-6-11-19-29/h6-25,27,33-35H,26,28H2,1-5H3/b39-27-/t33-,34+,35+/m0/s1. The number of hydroxylamine groups is 1. The first-order valence-corrected chi connectivity index (χ1v) is 17.6. The third-order valence-corrected chi connectivity index (χ3v) is 13.2. The molecule has 3 atom stereocenters. The molecule has 0 amide bonds. The molecule has 4 aromatic rings. The Hall–Kier alpha value is -4.08. The van der Waals surface area contributed by atoms with Crippen molar-refractivity contribution in [1.29, 1.82) is 0 Å². The molecule has 7 nitrogen and oxygen atoms in total. The lowest BCUT2D eigenvalue weighted by Gasteiger charge is -2.44. The van der Waals surface area contributed by atoms with E-state index in [0.29, 0.717) is 5.56 Å². The molecule has 1 heterocycles. The first kappa shape index (κ1) is 33.3. The monoisotopic (exact) mass is 637 g/mol. The summed E-state index contributed by atoms with van der Waals surface area (Å²) in [6, 6.07) is 38.9. The Labute approximate surface area is 273 Å². The zero-order valence-electron chi connectivity index (χ0n) is 27.2. The molecule has 1 aliphatic rings. The maximum Gasteiger partial charge on any atom is 0.338 e. The van der Waals surface area contributed by atoms with E-state index < -0.39 is 38.4 Å². The predicted octanol–water partition coefficient (Wildman–Crippen LogP) is 6.09. The van der Waals surface area contributed by atoms with Crippen molar-refractivity contribution >= 4 is 30.9 Å². The van der Waals surface area contributed by atoms with Crippen LogP contribution in [0.2, 0.25) is 5.04 Å². The van der Waals surface area contributed by atoms with Crippen LogP contribution < -0.4 is 10.4 Å². The van der Waals surface area contributed by atoms with Crippen molar-refractivity contribution in [1.82, 2.24) is 0 Å². The van der Waals surface area contributed by atoms with E-state index in [-0.39, 0.29) is 18.2 Å². The average molecular weight is 638 g/mol. The fraction of sp³-hybridized carbons (Fsp3) is 0.316. The number of benzene rings is 4. The van der Waals surface area contributed by atoms with Crippen LogP contribution in [0, 0.1) is 5.21 Å². The normalized spacial score (nSPS) is 19.0. The van der Waals surface area contributed by atoms with E-state index in [1.807, 2.05) is 72.8 Å². The van der Waals surface area contributed by atoms with Gasteiger partial charge in [0.2, 0.25) is 0 Å². The second-order valence-corrected chi connectivity index (χ2v) is 17.4. The number of carbonyl (C=O) groups is 1. The van der Waals surface area contributed by atoms with Crippen LogP contribution in [0.15, 0.2) is 121 Å². The molecular weight excluding hydrogens is 595 g/mol. The predicted molar refractivity (Wildman–Crippen MR) is 183 cm³/mol. The van der Waals surface area contributed by atoms with Crippen molar-refractivity contribution in [2.45, 2.75) is 70.3 Å². The van der Waals surface area contributed by atoms with Crippen molar-refractivity contribution in [3.8, 4) is 0 Å². The molecule has 8 heteroatoms. The number of nitrogens with zero attached hydrogens (tertiary/aromatic N) is 1. The number of hydrogen-bond donors (Lipinski definition) is 0. The van der Waals surface area contributed by atoms with Gasteiger partial charge in [0, 0.05) is 5.56 Å². The Morgan fingerprint density at radius 2 is 1.35 bits per heavy atom. The highest BCUT2D eigenvalue weighted by molar-refractivity contribution is 6.99. The lowest BCUT2D eigenvalue weighted by Crippen LogP contribution is -2.67. The van der Waals surface area contributed by atoms with Gasteiger partial charge in [-0.05, 0) is 41.4 Å². The quantitative estimate of drug-likeness (QED) is 0.0495. The summed E-state index contributed by atoms with van der Waals surface area (Å²) in [5.41, 5.74) is 1.27. The molecule has 46 heavy (non-hydrogen) atoms. The number of rotatable bonds is 11. The molecular formula is C38H43NO6Si. The molecule has 1 aliphatic heterocycles. The Balaban J connectivity index is 1.54. The topological polar surface area (TPSA) is 80.1 Å². The minimum Gasteiger partial charge on any atom is -0.624 e. The number of carbonyl (C=O) groups excluding carboxylic acids is 1. The van der Waals surface area contributed by atoms with Gasteiger partial charge >= 0.3 is 5.97 Å². The minimum atomic E-state index is -3.00. The van der Waals surface area contributed by atoms with Crippen LogP contribution in [0.3, 0.4) is 0 Å². The Morgan fingerprint density at radius 1 is 0.848 bits per heavy atom. The van der Waals surface area contributed by atoms with Crippen LogP contribution in [-0.4, -0.2) is 55.9 Å². The van der Waals surface area contributed by atoms with Crippen LogP contribution in [0.4, 0.5) is 0 Å². The maximum atomic E-state index is 13.6. The number of hydrogen-bond acceptors (Lipinski definition) is 6. The van der Waals surface area contributed by atoms with Gasteiger partial charge in [0.15, 0.2) is 30.8 Å². The zero-order chi connectivity index (χ0) is 32.8. The summed E-state index contributed by atoms with van der Waals surface area (Å²) in [5.74, 6) is -1.54. The molecule has 0 aliphatic carbocycles. The summed E-state index contributed by atoms with van der Waals surface area (Å²) in [6.45, 7) is 10.3. The lowest BCUT2D eigenvalue weighted by molar-refractivity contribution is -0.473. The van der Waals surface area contributed by atoms with E-state index in [0.717, 1.165) is 20.7 Å². The first-order chi connectivity index (χ1) is 22.0. The Bertz CT molecular complexity index is 1550. The first-order valence-electron chi connectivity index (χ1n) is 15.7. The SMILES string of the molecule is CC1(C)O[C@@H]([C@@H](CO[Si](c2ccccc2)(c2ccccc2)C(C)(C)C)OC(=O)c2ccccc2)[C@H](/C=[N+](\[O-])Cc2ccccc2)O1. The highest BCUT2D eigenvalue weighted by Crippen LogP contribution is 2.38. The molecule has 0 N–H and O–H groups in total. The van der Waals surface area contributed by atoms with E-state index >= 15 is 0 Å². The molecule has 5 rings (SSSR count). The van der Waals surface area contributed by atoms with Crippen molar-refractivity contribution in [3.05, 3.63) is 138 Å². The fourth-order valence-electron chi connectivity index (χ4n) is 6.14. The average Bonchev–Trinajstić information content (AvgIpc) is 3.35. The van der Waals surface area contributed by atoms with Crippen LogP contribution in [0.1, 0.15) is 50.5 Å². The van der Waals surface area contributed by atoms with E-state index in [1.165, 1.54) is 6.21 Å². The molecule has 1 saturated heterocycles. The van der Waals surface area contributed by atoms with Gasteiger partial charge in [-0.15, -0.1) is 0 Å². The second kappa shape index (κ2) is 14.1. The van der Waals surface area contributed by atoms with Crippen molar-refractivity contribution < 1.29 is 28.2 Å². The highest BCUT2D eigenvalue weighted by atomic mass is 28.4. The van der Waals surface area contributed by atoms with E-state index in [9.17, 15) is 10.0 Å². The van der Waals surface area contributed by atoms with Gasteiger partial charge in [0.05, 0.1) is 12.2 Å². The van der Waals surface area contributed by atoms with Crippen molar-refractivity contribution in [2.75, 3.05) is 6.61 Å².